The molecule has 1 atom stereocenters. The van der Waals surface area contributed by atoms with Gasteiger partial charge in [-0.3, -0.25) is 0 Å². The first kappa shape index (κ1) is 22.4. The van der Waals surface area contributed by atoms with E-state index < -0.39 is 17.9 Å². The van der Waals surface area contributed by atoms with Crippen molar-refractivity contribution in [3.05, 3.63) is 65.0 Å². The Hall–Kier alpha value is -3.28. The molecule has 0 bridgehead atoms. The van der Waals surface area contributed by atoms with E-state index in [-0.39, 0.29) is 13.2 Å². The monoisotopic (exact) mass is 423 g/mol. The fourth-order valence-corrected chi connectivity index (χ4v) is 3.83. The van der Waals surface area contributed by atoms with Gasteiger partial charge in [-0.05, 0) is 43.7 Å². The quantitative estimate of drug-likeness (QED) is 0.498. The van der Waals surface area contributed by atoms with Gasteiger partial charge in [-0.25, -0.2) is 9.59 Å². The maximum Gasteiger partial charge on any atom is 0.336 e. The summed E-state index contributed by atoms with van der Waals surface area (Å²) in [5.41, 5.74) is 2.29. The van der Waals surface area contributed by atoms with Crippen molar-refractivity contribution < 1.29 is 23.8 Å². The van der Waals surface area contributed by atoms with Crippen LogP contribution in [0.5, 0.6) is 5.75 Å². The van der Waals surface area contributed by atoms with Gasteiger partial charge in [0, 0.05) is 23.7 Å². The number of benzene rings is 2. The van der Waals surface area contributed by atoms with E-state index in [4.69, 9.17) is 14.2 Å². The van der Waals surface area contributed by atoms with Crippen molar-refractivity contribution in [1.82, 2.24) is 5.32 Å². The predicted octanol–water partition coefficient (Wildman–Crippen LogP) is 4.50. The highest BCUT2D eigenvalue weighted by molar-refractivity contribution is 5.97. The van der Waals surface area contributed by atoms with E-state index >= 15 is 0 Å². The first-order valence-corrected chi connectivity index (χ1v) is 10.6. The molecule has 3 rings (SSSR count). The highest BCUT2D eigenvalue weighted by Gasteiger charge is 2.33. The summed E-state index contributed by atoms with van der Waals surface area (Å²) >= 11 is 0. The zero-order valence-corrected chi connectivity index (χ0v) is 18.5. The first-order chi connectivity index (χ1) is 14.9. The Morgan fingerprint density at radius 2 is 1.55 bits per heavy atom. The van der Waals surface area contributed by atoms with Crippen LogP contribution in [0.3, 0.4) is 0 Å². The molecule has 0 radical (unpaired) electrons. The van der Waals surface area contributed by atoms with Crippen LogP contribution in [-0.4, -0.2) is 31.8 Å². The third kappa shape index (κ3) is 5.26. The summed E-state index contributed by atoms with van der Waals surface area (Å²) in [6.45, 7) is 8.13. The Morgan fingerprint density at radius 3 is 2.23 bits per heavy atom. The summed E-state index contributed by atoms with van der Waals surface area (Å²) in [6.07, 6.45) is 0.562. The molecule has 0 saturated heterocycles. The number of rotatable bonds is 8. The fourth-order valence-electron chi connectivity index (χ4n) is 3.83. The second kappa shape index (κ2) is 10.2. The number of hydrogen-bond acceptors (Lipinski definition) is 6. The lowest BCUT2D eigenvalue weighted by atomic mass is 9.87. The van der Waals surface area contributed by atoms with Gasteiger partial charge in [0.1, 0.15) is 5.75 Å². The summed E-state index contributed by atoms with van der Waals surface area (Å²) in [7, 11) is 0. The van der Waals surface area contributed by atoms with Gasteiger partial charge in [0.15, 0.2) is 0 Å². The molecule has 2 aromatic carbocycles. The van der Waals surface area contributed by atoms with Gasteiger partial charge in [0.25, 0.3) is 0 Å². The Labute approximate surface area is 182 Å². The number of esters is 2. The molecule has 31 heavy (non-hydrogen) atoms. The average Bonchev–Trinajstić information content (AvgIpc) is 2.73. The lowest BCUT2D eigenvalue weighted by molar-refractivity contribution is -0.140. The van der Waals surface area contributed by atoms with Crippen LogP contribution in [0.25, 0.3) is 10.8 Å². The minimum absolute atomic E-state index is 0.230. The van der Waals surface area contributed by atoms with Crippen molar-refractivity contribution in [2.75, 3.05) is 19.8 Å². The smallest absolute Gasteiger partial charge is 0.336 e. The topological polar surface area (TPSA) is 73.9 Å². The SMILES string of the molecule is CCOC(=O)C1=C(C)NC(C)=C(C(=O)OCCCOc2ccc3ccccc3c2)C1C. The Morgan fingerprint density at radius 1 is 0.903 bits per heavy atom. The van der Waals surface area contributed by atoms with Gasteiger partial charge in [0.05, 0.1) is 31.0 Å². The van der Waals surface area contributed by atoms with E-state index in [1.807, 2.05) is 43.3 Å². The number of ether oxygens (including phenoxy) is 3. The molecule has 1 aliphatic heterocycles. The van der Waals surface area contributed by atoms with Crippen molar-refractivity contribution in [3.63, 3.8) is 0 Å². The average molecular weight is 424 g/mol. The van der Waals surface area contributed by atoms with Crippen LogP contribution >= 0.6 is 0 Å². The number of nitrogens with one attached hydrogen (secondary N) is 1. The maximum absolute atomic E-state index is 12.7. The van der Waals surface area contributed by atoms with Crippen LogP contribution in [0.1, 0.15) is 34.1 Å². The molecule has 164 valence electrons. The van der Waals surface area contributed by atoms with Gasteiger partial charge >= 0.3 is 11.9 Å². The van der Waals surface area contributed by atoms with Crippen LogP contribution in [0.15, 0.2) is 65.0 Å². The molecule has 6 heteroatoms. The zero-order chi connectivity index (χ0) is 22.4. The molecule has 1 N–H and O–H groups in total. The van der Waals surface area contributed by atoms with Crippen LogP contribution in [-0.2, 0) is 19.1 Å². The second-order valence-corrected chi connectivity index (χ2v) is 7.49. The molecule has 0 spiro atoms. The van der Waals surface area contributed by atoms with Crippen LogP contribution in [0, 0.1) is 5.92 Å². The molecule has 0 fully saturated rings. The number of carbonyl (C=O) groups excluding carboxylic acids is 2. The van der Waals surface area contributed by atoms with E-state index in [9.17, 15) is 9.59 Å². The third-order valence-electron chi connectivity index (χ3n) is 5.28. The van der Waals surface area contributed by atoms with E-state index in [2.05, 4.69) is 11.4 Å². The Kier molecular flexibility index (Phi) is 7.34. The minimum atomic E-state index is -0.433. The summed E-state index contributed by atoms with van der Waals surface area (Å²) < 4.78 is 16.4. The summed E-state index contributed by atoms with van der Waals surface area (Å²) in [6, 6.07) is 14.0. The van der Waals surface area contributed by atoms with Crippen molar-refractivity contribution in [3.8, 4) is 5.75 Å². The molecule has 0 amide bonds. The summed E-state index contributed by atoms with van der Waals surface area (Å²) in [5.74, 6) is -0.464. The highest BCUT2D eigenvalue weighted by Crippen LogP contribution is 2.31. The molecule has 2 aromatic rings. The van der Waals surface area contributed by atoms with Crippen molar-refractivity contribution in [2.24, 2.45) is 5.92 Å². The maximum atomic E-state index is 12.7. The first-order valence-electron chi connectivity index (χ1n) is 10.6. The van der Waals surface area contributed by atoms with Gasteiger partial charge in [-0.1, -0.05) is 37.3 Å². The number of dihydropyridines is 1. The molecule has 1 unspecified atom stereocenters. The molecule has 1 aliphatic rings. The predicted molar refractivity (Wildman–Crippen MR) is 119 cm³/mol. The van der Waals surface area contributed by atoms with Crippen LogP contribution in [0.4, 0.5) is 0 Å². The Balaban J connectivity index is 1.51. The molecule has 6 nitrogen and oxygen atoms in total. The van der Waals surface area contributed by atoms with E-state index in [0.717, 1.165) is 16.5 Å². The summed E-state index contributed by atoms with van der Waals surface area (Å²) in [5, 5.41) is 5.38. The van der Waals surface area contributed by atoms with Gasteiger partial charge in [-0.2, -0.15) is 0 Å². The van der Waals surface area contributed by atoms with Crippen molar-refractivity contribution in [1.29, 1.82) is 0 Å². The van der Waals surface area contributed by atoms with Gasteiger partial charge < -0.3 is 19.5 Å². The standard InChI is InChI=1S/C25H29NO5/c1-5-29-24(27)22-16(2)23(18(4)26-17(22)3)25(28)31-14-8-13-30-21-12-11-19-9-6-7-10-20(19)15-21/h6-7,9-12,15-16,26H,5,8,13-14H2,1-4H3. The third-order valence-corrected chi connectivity index (χ3v) is 5.28. The van der Waals surface area contributed by atoms with E-state index in [1.54, 1.807) is 20.8 Å². The fraction of sp³-hybridized carbons (Fsp3) is 0.360. The lowest BCUT2D eigenvalue weighted by Gasteiger charge is -2.27. The molecular weight excluding hydrogens is 394 g/mol. The molecular formula is C25H29NO5. The summed E-state index contributed by atoms with van der Waals surface area (Å²) in [4.78, 5) is 25.0. The molecule has 0 aliphatic carbocycles. The van der Waals surface area contributed by atoms with Crippen LogP contribution < -0.4 is 10.1 Å². The van der Waals surface area contributed by atoms with E-state index in [1.165, 1.54) is 0 Å². The van der Waals surface area contributed by atoms with Gasteiger partial charge in [0.2, 0.25) is 0 Å². The minimum Gasteiger partial charge on any atom is -0.493 e. The zero-order valence-electron chi connectivity index (χ0n) is 18.5. The van der Waals surface area contributed by atoms with E-state index in [0.29, 0.717) is 35.6 Å². The van der Waals surface area contributed by atoms with Crippen LogP contribution in [0.2, 0.25) is 0 Å². The molecule has 0 saturated carbocycles. The number of allylic oxidation sites excluding steroid dienone is 2. The largest absolute Gasteiger partial charge is 0.493 e. The number of hydrogen-bond donors (Lipinski definition) is 1. The lowest BCUT2D eigenvalue weighted by Crippen LogP contribution is -2.32. The molecule has 1 heterocycles. The molecule has 0 aromatic heterocycles. The second-order valence-electron chi connectivity index (χ2n) is 7.49. The normalized spacial score (nSPS) is 16.2. The number of carbonyl (C=O) groups is 2. The van der Waals surface area contributed by atoms with Gasteiger partial charge in [-0.15, -0.1) is 0 Å². The van der Waals surface area contributed by atoms with Crippen molar-refractivity contribution in [2.45, 2.75) is 34.1 Å². The van der Waals surface area contributed by atoms with Crippen molar-refractivity contribution >= 4 is 22.7 Å². The number of fused-ring (bicyclic) bond motifs is 1. The Bertz CT molecular complexity index is 1040. The highest BCUT2D eigenvalue weighted by atomic mass is 16.5.